The smallest absolute Gasteiger partial charge is 0.253 e. The molecule has 22 heavy (non-hydrogen) atoms. The molecule has 2 N–H and O–H groups in total. The molecule has 6 heteroatoms. The molecule has 0 aliphatic carbocycles. The number of rotatable bonds is 4. The average molecular weight is 337 g/mol. The van der Waals surface area contributed by atoms with Crippen LogP contribution in [0.25, 0.3) is 0 Å². The Balaban J connectivity index is 2.08. The fraction of sp³-hybridized carbons (Fsp3) is 0.125. The van der Waals surface area contributed by atoms with Crippen LogP contribution in [-0.2, 0) is 6.54 Å². The molecule has 2 aromatic carbocycles. The average Bonchev–Trinajstić information content (AvgIpc) is 2.54. The molecule has 0 aliphatic rings. The quantitative estimate of drug-likeness (QED) is 0.900. The minimum absolute atomic E-state index is 0.175. The first-order valence-corrected chi connectivity index (χ1v) is 7.31. The molecule has 0 atom stereocenters. The maximum atomic E-state index is 12.1. The lowest BCUT2D eigenvalue weighted by molar-refractivity contribution is 0.0948. The Bertz CT molecular complexity index is 717. The third kappa shape index (κ3) is 4.00. The number of benzene rings is 2. The van der Waals surface area contributed by atoms with Crippen molar-refractivity contribution in [1.82, 2.24) is 10.6 Å². The molecule has 0 aliphatic heterocycles. The molecule has 114 valence electrons. The molecule has 2 amide bonds. The lowest BCUT2D eigenvalue weighted by atomic mass is 10.1. The summed E-state index contributed by atoms with van der Waals surface area (Å²) in [6.07, 6.45) is 0. The summed E-state index contributed by atoms with van der Waals surface area (Å²) in [7, 11) is 1.57. The zero-order chi connectivity index (χ0) is 16.1. The van der Waals surface area contributed by atoms with Gasteiger partial charge in [0.1, 0.15) is 0 Å². The lowest BCUT2D eigenvalue weighted by Crippen LogP contribution is -2.23. The first kappa shape index (κ1) is 16.3. The highest BCUT2D eigenvalue weighted by molar-refractivity contribution is 6.35. The van der Waals surface area contributed by atoms with Crippen molar-refractivity contribution in [3.05, 3.63) is 69.2 Å². The molecular formula is C16H14Cl2N2O2. The minimum Gasteiger partial charge on any atom is -0.355 e. The van der Waals surface area contributed by atoms with E-state index in [-0.39, 0.29) is 18.4 Å². The number of carbonyl (C=O) groups is 2. The fourth-order valence-electron chi connectivity index (χ4n) is 1.92. The number of amides is 2. The first-order valence-electron chi connectivity index (χ1n) is 6.55. The second kappa shape index (κ2) is 7.29. The fourth-order valence-corrected chi connectivity index (χ4v) is 2.29. The Morgan fingerprint density at radius 1 is 1.05 bits per heavy atom. The highest BCUT2D eigenvalue weighted by Gasteiger charge is 2.11. The minimum atomic E-state index is -0.321. The van der Waals surface area contributed by atoms with Gasteiger partial charge in [0.15, 0.2) is 0 Å². The van der Waals surface area contributed by atoms with Crippen molar-refractivity contribution in [2.75, 3.05) is 7.05 Å². The molecule has 0 aromatic heterocycles. The lowest BCUT2D eigenvalue weighted by Gasteiger charge is -2.08. The molecular weight excluding hydrogens is 323 g/mol. The standard InChI is InChI=1S/C16H14Cl2N2O2/c1-19-15(21)11-4-2-3-10(7-11)9-20-16(22)13-8-12(17)5-6-14(13)18/h2-8H,9H2,1H3,(H,19,21)(H,20,22). The van der Waals surface area contributed by atoms with E-state index in [1.807, 2.05) is 6.07 Å². The maximum absolute atomic E-state index is 12.1. The van der Waals surface area contributed by atoms with Gasteiger partial charge in [0, 0.05) is 24.2 Å². The van der Waals surface area contributed by atoms with Crippen LogP contribution in [0, 0.1) is 0 Å². The second-order valence-corrected chi connectivity index (χ2v) is 5.43. The second-order valence-electron chi connectivity index (χ2n) is 4.59. The Labute approximate surface area is 138 Å². The van der Waals surface area contributed by atoms with Gasteiger partial charge < -0.3 is 10.6 Å². The number of nitrogens with one attached hydrogen (secondary N) is 2. The molecule has 2 rings (SSSR count). The van der Waals surface area contributed by atoms with Gasteiger partial charge in [-0.05, 0) is 35.9 Å². The van der Waals surface area contributed by atoms with E-state index in [9.17, 15) is 9.59 Å². The van der Waals surface area contributed by atoms with Crippen LogP contribution in [0.5, 0.6) is 0 Å². The van der Waals surface area contributed by atoms with Crippen LogP contribution in [0.3, 0.4) is 0 Å². The van der Waals surface area contributed by atoms with Gasteiger partial charge in [-0.2, -0.15) is 0 Å². The zero-order valence-electron chi connectivity index (χ0n) is 11.8. The summed E-state index contributed by atoms with van der Waals surface area (Å²) in [4.78, 5) is 23.7. The van der Waals surface area contributed by atoms with E-state index in [0.29, 0.717) is 21.2 Å². The zero-order valence-corrected chi connectivity index (χ0v) is 13.3. The Kier molecular flexibility index (Phi) is 5.41. The molecule has 0 unspecified atom stereocenters. The van der Waals surface area contributed by atoms with Gasteiger partial charge in [-0.3, -0.25) is 9.59 Å². The molecule has 0 spiro atoms. The van der Waals surface area contributed by atoms with E-state index < -0.39 is 0 Å². The van der Waals surface area contributed by atoms with Gasteiger partial charge in [-0.15, -0.1) is 0 Å². The van der Waals surface area contributed by atoms with E-state index in [0.717, 1.165) is 5.56 Å². The van der Waals surface area contributed by atoms with Crippen molar-refractivity contribution in [2.24, 2.45) is 0 Å². The summed E-state index contributed by atoms with van der Waals surface area (Å²) in [6, 6.07) is 11.7. The van der Waals surface area contributed by atoms with Crippen molar-refractivity contribution < 1.29 is 9.59 Å². The van der Waals surface area contributed by atoms with Gasteiger partial charge in [0.2, 0.25) is 0 Å². The number of carbonyl (C=O) groups excluding carboxylic acids is 2. The van der Waals surface area contributed by atoms with Crippen molar-refractivity contribution in [3.8, 4) is 0 Å². The summed E-state index contributed by atoms with van der Waals surface area (Å²) >= 11 is 11.9. The molecule has 0 heterocycles. The summed E-state index contributed by atoms with van der Waals surface area (Å²) in [5.74, 6) is -0.496. The van der Waals surface area contributed by atoms with Crippen LogP contribution in [0.2, 0.25) is 10.0 Å². The van der Waals surface area contributed by atoms with E-state index in [1.54, 1.807) is 37.4 Å². The summed E-state index contributed by atoms with van der Waals surface area (Å²) in [5, 5.41) is 6.08. The number of hydrogen-bond acceptors (Lipinski definition) is 2. The van der Waals surface area contributed by atoms with E-state index >= 15 is 0 Å². The normalized spacial score (nSPS) is 10.1. The summed E-state index contributed by atoms with van der Waals surface area (Å²) in [5.41, 5.74) is 1.67. The molecule has 0 saturated heterocycles. The topological polar surface area (TPSA) is 58.2 Å². The number of halogens is 2. The van der Waals surface area contributed by atoms with E-state index in [2.05, 4.69) is 10.6 Å². The van der Waals surface area contributed by atoms with Crippen molar-refractivity contribution in [3.63, 3.8) is 0 Å². The van der Waals surface area contributed by atoms with Crippen LogP contribution in [0.4, 0.5) is 0 Å². The third-order valence-electron chi connectivity index (χ3n) is 3.04. The monoisotopic (exact) mass is 336 g/mol. The number of hydrogen-bond donors (Lipinski definition) is 2. The maximum Gasteiger partial charge on any atom is 0.253 e. The Morgan fingerprint density at radius 2 is 1.82 bits per heavy atom. The van der Waals surface area contributed by atoms with Crippen molar-refractivity contribution in [2.45, 2.75) is 6.54 Å². The Morgan fingerprint density at radius 3 is 2.55 bits per heavy atom. The molecule has 4 nitrogen and oxygen atoms in total. The van der Waals surface area contributed by atoms with Gasteiger partial charge >= 0.3 is 0 Å². The van der Waals surface area contributed by atoms with Crippen LogP contribution in [0.15, 0.2) is 42.5 Å². The highest BCUT2D eigenvalue weighted by atomic mass is 35.5. The molecule has 2 aromatic rings. The van der Waals surface area contributed by atoms with Crippen molar-refractivity contribution >= 4 is 35.0 Å². The van der Waals surface area contributed by atoms with Gasteiger partial charge in [-0.25, -0.2) is 0 Å². The highest BCUT2D eigenvalue weighted by Crippen LogP contribution is 2.20. The molecule has 0 saturated carbocycles. The van der Waals surface area contributed by atoms with Gasteiger partial charge in [0.05, 0.1) is 10.6 Å². The SMILES string of the molecule is CNC(=O)c1cccc(CNC(=O)c2cc(Cl)ccc2Cl)c1. The van der Waals surface area contributed by atoms with Gasteiger partial charge in [-0.1, -0.05) is 35.3 Å². The molecule has 0 radical (unpaired) electrons. The molecule has 0 bridgehead atoms. The summed E-state index contributed by atoms with van der Waals surface area (Å²) < 4.78 is 0. The van der Waals surface area contributed by atoms with Crippen LogP contribution < -0.4 is 10.6 Å². The van der Waals surface area contributed by atoms with E-state index in [1.165, 1.54) is 6.07 Å². The molecule has 0 fully saturated rings. The van der Waals surface area contributed by atoms with Crippen molar-refractivity contribution in [1.29, 1.82) is 0 Å². The summed E-state index contributed by atoms with van der Waals surface area (Å²) in [6.45, 7) is 0.284. The third-order valence-corrected chi connectivity index (χ3v) is 3.61. The van der Waals surface area contributed by atoms with Crippen LogP contribution >= 0.6 is 23.2 Å². The predicted octanol–water partition coefficient (Wildman–Crippen LogP) is 3.28. The largest absolute Gasteiger partial charge is 0.355 e. The van der Waals surface area contributed by atoms with Gasteiger partial charge in [0.25, 0.3) is 11.8 Å². The van der Waals surface area contributed by atoms with E-state index in [4.69, 9.17) is 23.2 Å². The van der Waals surface area contributed by atoms with Crippen LogP contribution in [0.1, 0.15) is 26.3 Å². The predicted molar refractivity (Wildman–Crippen MR) is 87.5 cm³/mol. The first-order chi connectivity index (χ1) is 10.5. The van der Waals surface area contributed by atoms with Crippen LogP contribution in [-0.4, -0.2) is 18.9 Å². The Hall–Kier alpha value is -2.04.